The predicted octanol–water partition coefficient (Wildman–Crippen LogP) is 0.214. The van der Waals surface area contributed by atoms with Crippen LogP contribution in [0.15, 0.2) is 0 Å². The van der Waals surface area contributed by atoms with E-state index in [1.807, 2.05) is 4.90 Å². The smallest absolute Gasteiger partial charge is 0.0669 e. The lowest BCUT2D eigenvalue weighted by atomic mass is 10.00. The van der Waals surface area contributed by atoms with Crippen LogP contribution >= 0.6 is 0 Å². The van der Waals surface area contributed by atoms with Crippen LogP contribution in [0.5, 0.6) is 0 Å². The zero-order valence-electron chi connectivity index (χ0n) is 10.0. The Bertz CT molecular complexity index is 166. The first-order chi connectivity index (χ1) is 7.76. The number of aliphatic hydroxyl groups is 3. The lowest BCUT2D eigenvalue weighted by Crippen LogP contribution is -2.37. The van der Waals surface area contributed by atoms with Gasteiger partial charge < -0.3 is 15.3 Å². The summed E-state index contributed by atoms with van der Waals surface area (Å²) in [5.74, 6) is 0.681. The molecule has 1 fully saturated rings. The second-order valence-electron chi connectivity index (χ2n) is 4.79. The van der Waals surface area contributed by atoms with Crippen LogP contribution in [0, 0.1) is 5.92 Å². The van der Waals surface area contributed by atoms with Crippen molar-refractivity contribution in [2.24, 2.45) is 5.92 Å². The van der Waals surface area contributed by atoms with Gasteiger partial charge in [-0.25, -0.2) is 0 Å². The zero-order chi connectivity index (χ0) is 11.8. The molecular weight excluding hydrogens is 206 g/mol. The Labute approximate surface area is 97.9 Å². The molecule has 0 amide bonds. The van der Waals surface area contributed by atoms with Crippen molar-refractivity contribution in [1.82, 2.24) is 4.90 Å². The van der Waals surface area contributed by atoms with Crippen molar-refractivity contribution in [3.63, 3.8) is 0 Å². The Morgan fingerprint density at radius 3 is 2.12 bits per heavy atom. The van der Waals surface area contributed by atoms with Crippen molar-refractivity contribution in [2.45, 2.75) is 38.2 Å². The van der Waals surface area contributed by atoms with E-state index in [9.17, 15) is 5.11 Å². The SMILES string of the molecule is OCCN(CCO)CC(O)CC1CCCC1. The molecule has 1 aliphatic carbocycles. The van der Waals surface area contributed by atoms with Gasteiger partial charge in [-0.3, -0.25) is 4.90 Å². The normalized spacial score (nSPS) is 19.5. The van der Waals surface area contributed by atoms with E-state index in [4.69, 9.17) is 10.2 Å². The van der Waals surface area contributed by atoms with E-state index in [0.29, 0.717) is 25.6 Å². The second-order valence-corrected chi connectivity index (χ2v) is 4.79. The highest BCUT2D eigenvalue weighted by Crippen LogP contribution is 2.28. The molecule has 4 heteroatoms. The molecule has 1 unspecified atom stereocenters. The van der Waals surface area contributed by atoms with Crippen molar-refractivity contribution >= 4 is 0 Å². The van der Waals surface area contributed by atoms with E-state index in [1.165, 1.54) is 25.7 Å². The molecule has 0 saturated heterocycles. The quantitative estimate of drug-likeness (QED) is 0.559. The fourth-order valence-corrected chi connectivity index (χ4v) is 2.58. The van der Waals surface area contributed by atoms with Crippen molar-refractivity contribution < 1.29 is 15.3 Å². The van der Waals surface area contributed by atoms with Crippen LogP contribution in [0.4, 0.5) is 0 Å². The first kappa shape index (κ1) is 13.9. The molecule has 0 bridgehead atoms. The van der Waals surface area contributed by atoms with Gasteiger partial charge in [-0.05, 0) is 12.3 Å². The van der Waals surface area contributed by atoms with Gasteiger partial charge in [-0.1, -0.05) is 25.7 Å². The highest BCUT2D eigenvalue weighted by molar-refractivity contribution is 4.73. The molecule has 96 valence electrons. The molecule has 1 atom stereocenters. The van der Waals surface area contributed by atoms with Crippen LogP contribution in [-0.2, 0) is 0 Å². The molecule has 4 nitrogen and oxygen atoms in total. The van der Waals surface area contributed by atoms with E-state index in [1.54, 1.807) is 0 Å². The molecule has 1 saturated carbocycles. The molecule has 0 heterocycles. The summed E-state index contributed by atoms with van der Waals surface area (Å²) in [6.45, 7) is 1.79. The van der Waals surface area contributed by atoms with Crippen LogP contribution in [0.3, 0.4) is 0 Å². The van der Waals surface area contributed by atoms with Crippen molar-refractivity contribution in [3.05, 3.63) is 0 Å². The Morgan fingerprint density at radius 2 is 1.62 bits per heavy atom. The summed E-state index contributed by atoms with van der Waals surface area (Å²) in [6.07, 6.45) is 5.64. The van der Waals surface area contributed by atoms with Gasteiger partial charge in [0.05, 0.1) is 19.3 Å². The lowest BCUT2D eigenvalue weighted by Gasteiger charge is -2.24. The predicted molar refractivity (Wildman–Crippen MR) is 63.2 cm³/mol. The zero-order valence-corrected chi connectivity index (χ0v) is 10.0. The molecule has 1 rings (SSSR count). The third-order valence-electron chi connectivity index (χ3n) is 3.38. The molecular formula is C12H25NO3. The minimum Gasteiger partial charge on any atom is -0.395 e. The fraction of sp³-hybridized carbons (Fsp3) is 1.00. The molecule has 16 heavy (non-hydrogen) atoms. The average molecular weight is 231 g/mol. The summed E-state index contributed by atoms with van der Waals surface area (Å²) in [6, 6.07) is 0. The third kappa shape index (κ3) is 5.25. The average Bonchev–Trinajstić information content (AvgIpc) is 2.71. The van der Waals surface area contributed by atoms with Crippen LogP contribution in [0.1, 0.15) is 32.1 Å². The topological polar surface area (TPSA) is 63.9 Å². The van der Waals surface area contributed by atoms with Gasteiger partial charge in [0.25, 0.3) is 0 Å². The molecule has 0 aromatic heterocycles. The molecule has 0 radical (unpaired) electrons. The summed E-state index contributed by atoms with van der Waals surface area (Å²) < 4.78 is 0. The Hall–Kier alpha value is -0.160. The van der Waals surface area contributed by atoms with Gasteiger partial charge >= 0.3 is 0 Å². The highest BCUT2D eigenvalue weighted by Gasteiger charge is 2.20. The van der Waals surface area contributed by atoms with E-state index in [-0.39, 0.29) is 19.3 Å². The van der Waals surface area contributed by atoms with Crippen molar-refractivity contribution in [3.8, 4) is 0 Å². The van der Waals surface area contributed by atoms with Crippen LogP contribution in [0.25, 0.3) is 0 Å². The summed E-state index contributed by atoms with van der Waals surface area (Å²) >= 11 is 0. The molecule has 0 spiro atoms. The van der Waals surface area contributed by atoms with E-state index < -0.39 is 0 Å². The van der Waals surface area contributed by atoms with Crippen LogP contribution in [-0.4, -0.2) is 59.2 Å². The minimum absolute atomic E-state index is 0.0795. The van der Waals surface area contributed by atoms with Gasteiger partial charge in [0, 0.05) is 19.6 Å². The minimum atomic E-state index is -0.318. The maximum atomic E-state index is 9.93. The lowest BCUT2D eigenvalue weighted by molar-refractivity contribution is 0.0725. The fourth-order valence-electron chi connectivity index (χ4n) is 2.58. The van der Waals surface area contributed by atoms with Crippen molar-refractivity contribution in [2.75, 3.05) is 32.8 Å². The number of hydrogen-bond donors (Lipinski definition) is 3. The number of nitrogens with zero attached hydrogens (tertiary/aromatic N) is 1. The largest absolute Gasteiger partial charge is 0.395 e. The maximum absolute atomic E-state index is 9.93. The standard InChI is InChI=1S/C12H25NO3/c14-7-5-13(6-8-15)10-12(16)9-11-3-1-2-4-11/h11-12,14-16H,1-10H2. The Kier molecular flexibility index (Phi) is 6.96. The highest BCUT2D eigenvalue weighted by atomic mass is 16.3. The van der Waals surface area contributed by atoms with E-state index >= 15 is 0 Å². The molecule has 0 aromatic carbocycles. The first-order valence-electron chi connectivity index (χ1n) is 6.38. The van der Waals surface area contributed by atoms with Gasteiger partial charge in [-0.15, -0.1) is 0 Å². The van der Waals surface area contributed by atoms with Gasteiger partial charge in [-0.2, -0.15) is 0 Å². The summed E-state index contributed by atoms with van der Waals surface area (Å²) in [7, 11) is 0. The van der Waals surface area contributed by atoms with Gasteiger partial charge in [0.1, 0.15) is 0 Å². The van der Waals surface area contributed by atoms with Crippen LogP contribution < -0.4 is 0 Å². The van der Waals surface area contributed by atoms with Crippen LogP contribution in [0.2, 0.25) is 0 Å². The summed E-state index contributed by atoms with van der Waals surface area (Å²) in [5, 5.41) is 27.6. The maximum Gasteiger partial charge on any atom is 0.0669 e. The Balaban J connectivity index is 2.20. The van der Waals surface area contributed by atoms with Gasteiger partial charge in [0.2, 0.25) is 0 Å². The molecule has 0 aliphatic heterocycles. The molecule has 3 N–H and O–H groups in total. The molecule has 1 aliphatic rings. The second kappa shape index (κ2) is 8.01. The third-order valence-corrected chi connectivity index (χ3v) is 3.38. The van der Waals surface area contributed by atoms with Crippen molar-refractivity contribution in [1.29, 1.82) is 0 Å². The Morgan fingerprint density at radius 1 is 1.06 bits per heavy atom. The van der Waals surface area contributed by atoms with E-state index in [0.717, 1.165) is 6.42 Å². The van der Waals surface area contributed by atoms with E-state index in [2.05, 4.69) is 0 Å². The number of aliphatic hydroxyl groups excluding tert-OH is 3. The number of rotatable bonds is 8. The monoisotopic (exact) mass is 231 g/mol. The summed E-state index contributed by atoms with van der Waals surface area (Å²) in [4.78, 5) is 1.92. The van der Waals surface area contributed by atoms with Gasteiger partial charge in [0.15, 0.2) is 0 Å². The summed E-state index contributed by atoms with van der Waals surface area (Å²) in [5.41, 5.74) is 0. The number of hydrogen-bond acceptors (Lipinski definition) is 4. The first-order valence-corrected chi connectivity index (χ1v) is 6.38. The molecule has 0 aromatic rings.